The van der Waals surface area contributed by atoms with Crippen molar-refractivity contribution in [2.24, 2.45) is 0 Å². The van der Waals surface area contributed by atoms with Crippen LogP contribution < -0.4 is 4.74 Å². The van der Waals surface area contributed by atoms with Crippen molar-refractivity contribution >= 4 is 16.8 Å². The summed E-state index contributed by atoms with van der Waals surface area (Å²) in [5.41, 5.74) is 0. The average Bonchev–Trinajstić information content (AvgIpc) is 2.08. The Bertz CT molecular complexity index is 294. The maximum absolute atomic E-state index is 10.6. The van der Waals surface area contributed by atoms with Gasteiger partial charge in [-0.15, -0.1) is 0 Å². The Morgan fingerprint density at radius 3 is 2.46 bits per heavy atom. The van der Waals surface area contributed by atoms with E-state index in [-0.39, 0.29) is 5.75 Å². The number of hydrogen-bond donors (Lipinski definition) is 1. The van der Waals surface area contributed by atoms with E-state index in [0.29, 0.717) is 5.75 Å². The van der Waals surface area contributed by atoms with Gasteiger partial charge >= 0.3 is 0 Å². The van der Waals surface area contributed by atoms with Gasteiger partial charge in [0.1, 0.15) is 11.5 Å². The first-order valence-corrected chi connectivity index (χ1v) is 4.12. The second-order valence-electron chi connectivity index (χ2n) is 2.56. The van der Waals surface area contributed by atoms with Crippen molar-refractivity contribution < 1.29 is 14.6 Å². The van der Waals surface area contributed by atoms with E-state index in [1.165, 1.54) is 12.1 Å². The number of carbonyl (C=O) groups is 1. The largest absolute Gasteiger partial charge is 0.508 e. The van der Waals surface area contributed by atoms with E-state index in [2.05, 4.69) is 0 Å². The number of hydrogen-bond acceptors (Lipinski definition) is 3. The summed E-state index contributed by atoms with van der Waals surface area (Å²) >= 11 is 5.20. The molecule has 0 spiro atoms. The summed E-state index contributed by atoms with van der Waals surface area (Å²) in [7, 11) is 0. The summed E-state index contributed by atoms with van der Waals surface area (Å²) in [5.74, 6) is 0.650. The maximum atomic E-state index is 10.6. The Hall–Kier alpha value is -1.22. The lowest BCUT2D eigenvalue weighted by atomic mass is 10.3. The van der Waals surface area contributed by atoms with Crippen LogP contribution in [0.3, 0.4) is 0 Å². The number of ether oxygens (including phenoxy) is 1. The van der Waals surface area contributed by atoms with Crippen molar-refractivity contribution in [3.8, 4) is 11.5 Å². The molecule has 3 nitrogen and oxygen atoms in total. The van der Waals surface area contributed by atoms with Gasteiger partial charge in [-0.25, -0.2) is 0 Å². The third-order valence-electron chi connectivity index (χ3n) is 1.47. The zero-order chi connectivity index (χ0) is 9.84. The van der Waals surface area contributed by atoms with Crippen LogP contribution in [0.25, 0.3) is 0 Å². The zero-order valence-electron chi connectivity index (χ0n) is 7.03. The molecule has 0 unspecified atom stereocenters. The lowest BCUT2D eigenvalue weighted by Crippen LogP contribution is -2.18. The Balaban J connectivity index is 2.64. The molecule has 0 saturated carbocycles. The molecule has 1 rings (SSSR count). The van der Waals surface area contributed by atoms with Crippen molar-refractivity contribution in [3.05, 3.63) is 24.3 Å². The van der Waals surface area contributed by atoms with Crippen LogP contribution >= 0.6 is 11.6 Å². The molecule has 0 aliphatic heterocycles. The summed E-state index contributed by atoms with van der Waals surface area (Å²) in [6, 6.07) is 6.07. The smallest absolute Gasteiger partial charge is 0.262 e. The first-order chi connectivity index (χ1) is 6.09. The topological polar surface area (TPSA) is 46.5 Å². The Kier molecular flexibility index (Phi) is 3.14. The molecule has 0 aromatic heterocycles. The molecule has 1 aromatic carbocycles. The summed E-state index contributed by atoms with van der Waals surface area (Å²) < 4.78 is 5.14. The predicted octanol–water partition coefficient (Wildman–Crippen LogP) is 1.92. The van der Waals surface area contributed by atoms with Crippen molar-refractivity contribution in [1.82, 2.24) is 0 Å². The number of phenolic OH excluding ortho intramolecular Hbond substituents is 1. The average molecular weight is 201 g/mol. The predicted molar refractivity (Wildman–Crippen MR) is 49.1 cm³/mol. The minimum atomic E-state index is -0.675. The quantitative estimate of drug-likeness (QED) is 0.759. The highest BCUT2D eigenvalue weighted by Crippen LogP contribution is 2.17. The summed E-state index contributed by atoms with van der Waals surface area (Å²) in [6.45, 7) is 1.56. The minimum absolute atomic E-state index is 0.150. The van der Waals surface area contributed by atoms with Crippen LogP contribution in [0.4, 0.5) is 0 Å². The normalized spacial score (nSPS) is 12.2. The molecular weight excluding hydrogens is 192 g/mol. The third kappa shape index (κ3) is 2.95. The molecule has 0 heterocycles. The lowest BCUT2D eigenvalue weighted by Gasteiger charge is -2.09. The minimum Gasteiger partial charge on any atom is -0.508 e. The van der Waals surface area contributed by atoms with Crippen molar-refractivity contribution in [2.45, 2.75) is 13.0 Å². The first-order valence-electron chi connectivity index (χ1n) is 3.74. The number of carbonyl (C=O) groups excluding carboxylic acids is 1. The fraction of sp³-hybridized carbons (Fsp3) is 0.222. The number of aromatic hydroxyl groups is 1. The molecule has 1 atom stereocenters. The molecule has 0 saturated heterocycles. The Morgan fingerprint density at radius 2 is 2.00 bits per heavy atom. The van der Waals surface area contributed by atoms with Gasteiger partial charge in [-0.2, -0.15) is 0 Å². The number of benzene rings is 1. The van der Waals surface area contributed by atoms with Crippen LogP contribution in [0.5, 0.6) is 11.5 Å². The van der Waals surface area contributed by atoms with E-state index in [9.17, 15) is 4.79 Å². The van der Waals surface area contributed by atoms with E-state index in [4.69, 9.17) is 21.4 Å². The van der Waals surface area contributed by atoms with Crippen molar-refractivity contribution in [3.63, 3.8) is 0 Å². The molecule has 4 heteroatoms. The number of phenols is 1. The maximum Gasteiger partial charge on any atom is 0.262 e. The molecule has 0 aliphatic rings. The van der Waals surface area contributed by atoms with Crippen LogP contribution in [0.1, 0.15) is 6.92 Å². The van der Waals surface area contributed by atoms with Gasteiger partial charge in [0.15, 0.2) is 6.10 Å². The number of halogens is 1. The summed E-state index contributed by atoms with van der Waals surface area (Å²) in [5, 5.41) is 8.40. The number of rotatable bonds is 3. The summed E-state index contributed by atoms with van der Waals surface area (Å²) in [6.07, 6.45) is -0.675. The van der Waals surface area contributed by atoms with Crippen LogP contribution in [0, 0.1) is 0 Å². The molecule has 1 N–H and O–H groups in total. The van der Waals surface area contributed by atoms with Crippen LogP contribution in [0.2, 0.25) is 0 Å². The fourth-order valence-electron chi connectivity index (χ4n) is 0.775. The van der Waals surface area contributed by atoms with Crippen LogP contribution in [0.15, 0.2) is 24.3 Å². The van der Waals surface area contributed by atoms with E-state index in [1.807, 2.05) is 0 Å². The summed E-state index contributed by atoms with van der Waals surface area (Å²) in [4.78, 5) is 10.6. The standard InChI is InChI=1S/C9H9ClO3/c1-6(9(10)12)13-8-4-2-7(11)3-5-8/h2-6,11H,1H3/t6-/m1/s1. The second-order valence-corrected chi connectivity index (χ2v) is 2.93. The van der Waals surface area contributed by atoms with Gasteiger partial charge < -0.3 is 9.84 Å². The molecule has 0 bridgehead atoms. The monoisotopic (exact) mass is 200 g/mol. The van der Waals surface area contributed by atoms with E-state index >= 15 is 0 Å². The van der Waals surface area contributed by atoms with Gasteiger partial charge in [-0.3, -0.25) is 4.79 Å². The van der Waals surface area contributed by atoms with Gasteiger partial charge in [-0.05, 0) is 42.8 Å². The van der Waals surface area contributed by atoms with Crippen molar-refractivity contribution in [2.75, 3.05) is 0 Å². The van der Waals surface area contributed by atoms with Crippen LogP contribution in [-0.2, 0) is 4.79 Å². The Labute approximate surface area is 80.9 Å². The first kappa shape index (κ1) is 9.86. The van der Waals surface area contributed by atoms with Gasteiger partial charge in [0, 0.05) is 0 Å². The fourth-order valence-corrected chi connectivity index (χ4v) is 0.820. The lowest BCUT2D eigenvalue weighted by molar-refractivity contribution is -0.117. The van der Waals surface area contributed by atoms with Gasteiger partial charge in [-0.1, -0.05) is 0 Å². The molecule has 70 valence electrons. The second kappa shape index (κ2) is 4.14. The molecular formula is C9H9ClO3. The van der Waals surface area contributed by atoms with E-state index in [1.54, 1.807) is 19.1 Å². The molecule has 13 heavy (non-hydrogen) atoms. The van der Waals surface area contributed by atoms with Crippen molar-refractivity contribution in [1.29, 1.82) is 0 Å². The highest BCUT2D eigenvalue weighted by atomic mass is 35.5. The molecule has 0 aliphatic carbocycles. The van der Waals surface area contributed by atoms with E-state index in [0.717, 1.165) is 0 Å². The highest BCUT2D eigenvalue weighted by molar-refractivity contribution is 6.64. The van der Waals surface area contributed by atoms with Crippen LogP contribution in [-0.4, -0.2) is 16.5 Å². The van der Waals surface area contributed by atoms with Gasteiger partial charge in [0.2, 0.25) is 0 Å². The van der Waals surface area contributed by atoms with Gasteiger partial charge in [0.05, 0.1) is 0 Å². The Morgan fingerprint density at radius 1 is 1.46 bits per heavy atom. The highest BCUT2D eigenvalue weighted by Gasteiger charge is 2.10. The molecule has 0 fully saturated rings. The van der Waals surface area contributed by atoms with Gasteiger partial charge in [0.25, 0.3) is 5.24 Å². The molecule has 0 radical (unpaired) electrons. The zero-order valence-corrected chi connectivity index (χ0v) is 7.78. The molecule has 1 aromatic rings. The molecule has 0 amide bonds. The SMILES string of the molecule is C[C@@H](Oc1ccc(O)cc1)C(=O)Cl. The third-order valence-corrected chi connectivity index (χ3v) is 1.78. The van der Waals surface area contributed by atoms with E-state index < -0.39 is 11.3 Å².